The minimum Gasteiger partial charge on any atom is -0.466 e. The van der Waals surface area contributed by atoms with Crippen LogP contribution in [0.1, 0.15) is 30.2 Å². The molecule has 0 atom stereocenters. The summed E-state index contributed by atoms with van der Waals surface area (Å²) in [5, 5.41) is 13.7. The Labute approximate surface area is 144 Å². The van der Waals surface area contributed by atoms with Crippen molar-refractivity contribution >= 4 is 28.3 Å². The van der Waals surface area contributed by atoms with Gasteiger partial charge in [-0.2, -0.15) is 5.26 Å². The van der Waals surface area contributed by atoms with E-state index in [9.17, 15) is 9.59 Å². The Morgan fingerprint density at radius 3 is 2.75 bits per heavy atom. The number of rotatable bonds is 7. The molecule has 2 aromatic rings. The number of nitriles is 1. The molecule has 0 bridgehead atoms. The second-order valence-electron chi connectivity index (χ2n) is 4.98. The lowest BCUT2D eigenvalue weighted by Crippen LogP contribution is -2.12. The molecule has 7 heteroatoms. The van der Waals surface area contributed by atoms with Gasteiger partial charge in [-0.05, 0) is 31.0 Å². The molecular formula is C17H17N3O3S. The molecule has 0 aliphatic heterocycles. The molecule has 0 unspecified atom stereocenters. The number of aromatic nitrogens is 1. The van der Waals surface area contributed by atoms with Crippen molar-refractivity contribution < 1.29 is 14.3 Å². The third kappa shape index (κ3) is 5.48. The molecule has 1 heterocycles. The molecule has 124 valence electrons. The fraction of sp³-hybridized carbons (Fsp3) is 0.294. The molecule has 1 aromatic carbocycles. The van der Waals surface area contributed by atoms with Crippen LogP contribution in [0.4, 0.5) is 5.13 Å². The van der Waals surface area contributed by atoms with E-state index < -0.39 is 0 Å². The van der Waals surface area contributed by atoms with Gasteiger partial charge in [-0.15, -0.1) is 11.3 Å². The SMILES string of the molecule is CCOC(=O)Cc1csc(NC(=O)CCc2ccc(C#N)cc2)n1. The maximum Gasteiger partial charge on any atom is 0.311 e. The lowest BCUT2D eigenvalue weighted by Gasteiger charge is -2.02. The van der Waals surface area contributed by atoms with Gasteiger partial charge in [0.25, 0.3) is 0 Å². The minimum atomic E-state index is -0.332. The number of aryl methyl sites for hydroxylation is 1. The predicted octanol–water partition coefficient (Wildman–Crippen LogP) is 2.69. The first-order chi connectivity index (χ1) is 11.6. The maximum absolute atomic E-state index is 12.0. The van der Waals surface area contributed by atoms with Crippen LogP contribution in [0, 0.1) is 11.3 Å². The Hall–Kier alpha value is -2.72. The Balaban J connectivity index is 1.80. The molecule has 1 amide bonds. The average Bonchev–Trinajstić information content (AvgIpc) is 3.00. The standard InChI is InChI=1S/C17H17N3O3S/c1-2-23-16(22)9-14-11-24-17(19-14)20-15(21)8-7-12-3-5-13(10-18)6-4-12/h3-6,11H,2,7-9H2,1H3,(H,19,20,21). The highest BCUT2D eigenvalue weighted by molar-refractivity contribution is 7.13. The van der Waals surface area contributed by atoms with Gasteiger partial charge in [0.2, 0.25) is 5.91 Å². The van der Waals surface area contributed by atoms with E-state index in [1.165, 1.54) is 11.3 Å². The number of anilines is 1. The quantitative estimate of drug-likeness (QED) is 0.780. The monoisotopic (exact) mass is 343 g/mol. The molecule has 24 heavy (non-hydrogen) atoms. The van der Waals surface area contributed by atoms with E-state index in [1.807, 2.05) is 12.1 Å². The third-order valence-electron chi connectivity index (χ3n) is 3.15. The number of carbonyl (C=O) groups excluding carboxylic acids is 2. The van der Waals surface area contributed by atoms with E-state index in [4.69, 9.17) is 10.00 Å². The first kappa shape index (κ1) is 17.6. The number of nitrogens with zero attached hydrogens (tertiary/aromatic N) is 2. The molecule has 0 fully saturated rings. The first-order valence-electron chi connectivity index (χ1n) is 7.49. The first-order valence-corrected chi connectivity index (χ1v) is 8.37. The average molecular weight is 343 g/mol. The largest absolute Gasteiger partial charge is 0.466 e. The molecule has 1 aromatic heterocycles. The topological polar surface area (TPSA) is 92.1 Å². The summed E-state index contributed by atoms with van der Waals surface area (Å²) in [5.74, 6) is -0.474. The molecular weight excluding hydrogens is 326 g/mol. The van der Waals surface area contributed by atoms with Crippen LogP contribution in [0.3, 0.4) is 0 Å². The van der Waals surface area contributed by atoms with E-state index in [1.54, 1.807) is 24.4 Å². The number of hydrogen-bond donors (Lipinski definition) is 1. The Morgan fingerprint density at radius 2 is 2.08 bits per heavy atom. The van der Waals surface area contributed by atoms with Crippen molar-refractivity contribution in [2.24, 2.45) is 0 Å². The van der Waals surface area contributed by atoms with E-state index in [2.05, 4.69) is 16.4 Å². The van der Waals surface area contributed by atoms with Crippen LogP contribution in [-0.4, -0.2) is 23.5 Å². The highest BCUT2D eigenvalue weighted by Crippen LogP contribution is 2.17. The second kappa shape index (κ2) is 8.79. The molecule has 0 aliphatic rings. The molecule has 0 saturated heterocycles. The molecule has 0 radical (unpaired) electrons. The molecule has 0 aliphatic carbocycles. The molecule has 2 rings (SSSR count). The summed E-state index contributed by atoms with van der Waals surface area (Å²) >= 11 is 1.28. The molecule has 1 N–H and O–H groups in total. The Kier molecular flexibility index (Phi) is 6.46. The minimum absolute atomic E-state index is 0.103. The molecule has 0 saturated carbocycles. The third-order valence-corrected chi connectivity index (χ3v) is 3.96. The summed E-state index contributed by atoms with van der Waals surface area (Å²) in [6, 6.07) is 9.20. The fourth-order valence-electron chi connectivity index (χ4n) is 1.99. The van der Waals surface area contributed by atoms with Crippen LogP contribution in [0.25, 0.3) is 0 Å². The second-order valence-corrected chi connectivity index (χ2v) is 5.84. The van der Waals surface area contributed by atoms with E-state index in [0.717, 1.165) is 5.56 Å². The summed E-state index contributed by atoms with van der Waals surface area (Å²) in [5.41, 5.74) is 2.17. The van der Waals surface area contributed by atoms with E-state index >= 15 is 0 Å². The van der Waals surface area contributed by atoms with Crippen molar-refractivity contribution in [3.05, 3.63) is 46.5 Å². The normalized spacial score (nSPS) is 10.0. The van der Waals surface area contributed by atoms with Crippen molar-refractivity contribution in [1.29, 1.82) is 5.26 Å². The van der Waals surface area contributed by atoms with Crippen molar-refractivity contribution in [3.8, 4) is 6.07 Å². The lowest BCUT2D eigenvalue weighted by atomic mass is 10.1. The van der Waals surface area contributed by atoms with Crippen molar-refractivity contribution in [2.75, 3.05) is 11.9 Å². The highest BCUT2D eigenvalue weighted by atomic mass is 32.1. The van der Waals surface area contributed by atoms with Crippen molar-refractivity contribution in [2.45, 2.75) is 26.2 Å². The van der Waals surface area contributed by atoms with Gasteiger partial charge in [0.1, 0.15) is 0 Å². The van der Waals surface area contributed by atoms with Gasteiger partial charge in [0, 0.05) is 11.8 Å². The number of esters is 1. The van der Waals surface area contributed by atoms with Gasteiger partial charge < -0.3 is 10.1 Å². The van der Waals surface area contributed by atoms with Gasteiger partial charge >= 0.3 is 5.97 Å². The van der Waals surface area contributed by atoms with Crippen LogP contribution in [0.5, 0.6) is 0 Å². The Morgan fingerprint density at radius 1 is 1.33 bits per heavy atom. The molecule has 0 spiro atoms. The summed E-state index contributed by atoms with van der Waals surface area (Å²) in [7, 11) is 0. The number of hydrogen-bond acceptors (Lipinski definition) is 6. The van der Waals surface area contributed by atoms with Crippen molar-refractivity contribution in [1.82, 2.24) is 4.98 Å². The summed E-state index contributed by atoms with van der Waals surface area (Å²) < 4.78 is 4.86. The zero-order chi connectivity index (χ0) is 17.4. The lowest BCUT2D eigenvalue weighted by molar-refractivity contribution is -0.142. The fourth-order valence-corrected chi connectivity index (χ4v) is 2.72. The van der Waals surface area contributed by atoms with Gasteiger partial charge in [-0.1, -0.05) is 12.1 Å². The number of benzene rings is 1. The van der Waals surface area contributed by atoms with Gasteiger partial charge in [-0.25, -0.2) is 4.98 Å². The number of carbonyl (C=O) groups is 2. The van der Waals surface area contributed by atoms with Crippen LogP contribution >= 0.6 is 11.3 Å². The van der Waals surface area contributed by atoms with Gasteiger partial charge in [0.15, 0.2) is 5.13 Å². The van der Waals surface area contributed by atoms with Crippen molar-refractivity contribution in [3.63, 3.8) is 0 Å². The Bertz CT molecular complexity index is 747. The predicted molar refractivity (Wildman–Crippen MR) is 90.6 cm³/mol. The summed E-state index contributed by atoms with van der Waals surface area (Å²) in [6.07, 6.45) is 1.00. The van der Waals surface area contributed by atoms with Gasteiger partial charge in [0.05, 0.1) is 30.4 Å². The number of thiazole rings is 1. The smallest absolute Gasteiger partial charge is 0.311 e. The number of ether oxygens (including phenoxy) is 1. The zero-order valence-electron chi connectivity index (χ0n) is 13.2. The number of nitrogens with one attached hydrogen (secondary N) is 1. The summed E-state index contributed by atoms with van der Waals surface area (Å²) in [6.45, 7) is 2.08. The van der Waals surface area contributed by atoms with Gasteiger partial charge in [-0.3, -0.25) is 9.59 Å². The summed E-state index contributed by atoms with van der Waals surface area (Å²) in [4.78, 5) is 27.5. The van der Waals surface area contributed by atoms with Crippen LogP contribution < -0.4 is 5.32 Å². The van der Waals surface area contributed by atoms with E-state index in [-0.39, 0.29) is 18.3 Å². The van der Waals surface area contributed by atoms with Crippen LogP contribution in [-0.2, 0) is 27.2 Å². The highest BCUT2D eigenvalue weighted by Gasteiger charge is 2.10. The maximum atomic E-state index is 12.0. The van der Waals surface area contributed by atoms with Crippen LogP contribution in [0.15, 0.2) is 29.6 Å². The van der Waals surface area contributed by atoms with E-state index in [0.29, 0.717) is 35.8 Å². The molecule has 6 nitrogen and oxygen atoms in total. The zero-order valence-corrected chi connectivity index (χ0v) is 14.1. The number of amides is 1. The van der Waals surface area contributed by atoms with Crippen LogP contribution in [0.2, 0.25) is 0 Å².